The van der Waals surface area contributed by atoms with E-state index in [1.807, 2.05) is 19.9 Å². The molecule has 6 heteroatoms. The standard InChI is InChI=1S/C21H27ClO5/c1-3-25-14-26-18-13-17(23)19-16(20(18)22)12-10-8-6-4-5-7-9-11-15(2)27-21(19)24/h6-9,13,15,23H,3-5,10-12,14H2,1-2H3/b8-6+,9-7+/t15-/m1/s1. The molecular formula is C21H27ClO5. The number of benzene rings is 1. The molecule has 1 aliphatic heterocycles. The second-order valence-corrected chi connectivity index (χ2v) is 6.70. The Kier molecular flexibility index (Phi) is 8.69. The van der Waals surface area contributed by atoms with Gasteiger partial charge in [0.1, 0.15) is 23.2 Å². The van der Waals surface area contributed by atoms with Crippen LogP contribution in [0.3, 0.4) is 0 Å². The van der Waals surface area contributed by atoms with Gasteiger partial charge >= 0.3 is 5.97 Å². The molecule has 0 saturated heterocycles. The van der Waals surface area contributed by atoms with Crippen LogP contribution < -0.4 is 4.74 Å². The molecule has 0 bridgehead atoms. The molecule has 1 atom stereocenters. The molecule has 2 rings (SSSR count). The summed E-state index contributed by atoms with van der Waals surface area (Å²) in [5.74, 6) is -0.498. The molecular weight excluding hydrogens is 368 g/mol. The molecule has 0 amide bonds. The first-order valence-corrected chi connectivity index (χ1v) is 9.68. The summed E-state index contributed by atoms with van der Waals surface area (Å²) < 4.78 is 16.2. The van der Waals surface area contributed by atoms with E-state index in [1.54, 1.807) is 0 Å². The average Bonchev–Trinajstić information content (AvgIpc) is 2.63. The predicted octanol–water partition coefficient (Wildman–Crippen LogP) is 5.19. The van der Waals surface area contributed by atoms with Crippen LogP contribution in [0.25, 0.3) is 0 Å². The monoisotopic (exact) mass is 394 g/mol. The summed E-state index contributed by atoms with van der Waals surface area (Å²) in [6.45, 7) is 4.19. The molecule has 1 aromatic rings. The molecule has 5 nitrogen and oxygen atoms in total. The van der Waals surface area contributed by atoms with Gasteiger partial charge in [0.15, 0.2) is 6.79 Å². The van der Waals surface area contributed by atoms with Crippen molar-refractivity contribution in [3.05, 3.63) is 46.5 Å². The molecule has 0 aromatic heterocycles. The molecule has 1 N–H and O–H groups in total. The molecule has 0 spiro atoms. The zero-order valence-corrected chi connectivity index (χ0v) is 16.6. The third-order valence-corrected chi connectivity index (χ3v) is 4.60. The molecule has 0 fully saturated rings. The lowest BCUT2D eigenvalue weighted by Gasteiger charge is -2.18. The highest BCUT2D eigenvalue weighted by molar-refractivity contribution is 6.33. The molecule has 0 unspecified atom stereocenters. The van der Waals surface area contributed by atoms with Gasteiger partial charge in [0.05, 0.1) is 5.02 Å². The highest BCUT2D eigenvalue weighted by atomic mass is 35.5. The van der Waals surface area contributed by atoms with E-state index in [0.29, 0.717) is 36.5 Å². The van der Waals surface area contributed by atoms with Gasteiger partial charge in [-0.25, -0.2) is 4.79 Å². The second-order valence-electron chi connectivity index (χ2n) is 6.33. The first kappa shape index (κ1) is 21.3. The van der Waals surface area contributed by atoms with Crippen molar-refractivity contribution in [2.75, 3.05) is 13.4 Å². The van der Waals surface area contributed by atoms with Crippen LogP contribution in [0.15, 0.2) is 30.4 Å². The van der Waals surface area contributed by atoms with Crippen LogP contribution in [-0.4, -0.2) is 30.6 Å². The maximum atomic E-state index is 12.7. The molecule has 1 aromatic carbocycles. The predicted molar refractivity (Wildman–Crippen MR) is 106 cm³/mol. The van der Waals surface area contributed by atoms with E-state index < -0.39 is 5.97 Å². The number of ether oxygens (including phenoxy) is 3. The van der Waals surface area contributed by atoms with E-state index in [9.17, 15) is 9.90 Å². The molecule has 0 aliphatic carbocycles. The van der Waals surface area contributed by atoms with Gasteiger partial charge in [0, 0.05) is 19.1 Å². The van der Waals surface area contributed by atoms with Crippen molar-refractivity contribution in [2.45, 2.75) is 52.1 Å². The number of hydrogen-bond donors (Lipinski definition) is 1. The van der Waals surface area contributed by atoms with Crippen molar-refractivity contribution >= 4 is 17.6 Å². The number of phenols is 1. The topological polar surface area (TPSA) is 65.0 Å². The number of phenolic OH excluding ortho intramolecular Hbond substituents is 1. The van der Waals surface area contributed by atoms with Gasteiger partial charge in [-0.15, -0.1) is 0 Å². The van der Waals surface area contributed by atoms with Crippen molar-refractivity contribution in [1.82, 2.24) is 0 Å². The summed E-state index contributed by atoms with van der Waals surface area (Å²) >= 11 is 6.50. The molecule has 148 valence electrons. The molecule has 1 aliphatic rings. The van der Waals surface area contributed by atoms with Crippen molar-refractivity contribution in [2.24, 2.45) is 0 Å². The van der Waals surface area contributed by atoms with Gasteiger partial charge < -0.3 is 19.3 Å². The number of aromatic hydroxyl groups is 1. The van der Waals surface area contributed by atoms with Gasteiger partial charge in [0.25, 0.3) is 0 Å². The summed E-state index contributed by atoms with van der Waals surface area (Å²) in [7, 11) is 0. The largest absolute Gasteiger partial charge is 0.507 e. The van der Waals surface area contributed by atoms with Crippen LogP contribution in [0, 0.1) is 0 Å². The van der Waals surface area contributed by atoms with Crippen LogP contribution in [0.2, 0.25) is 5.02 Å². The smallest absolute Gasteiger partial charge is 0.342 e. The van der Waals surface area contributed by atoms with Gasteiger partial charge in [-0.1, -0.05) is 35.9 Å². The number of carbonyl (C=O) groups excluding carboxylic acids is 1. The Bertz CT molecular complexity index is 696. The van der Waals surface area contributed by atoms with Gasteiger partial charge in [0.2, 0.25) is 0 Å². The van der Waals surface area contributed by atoms with E-state index in [-0.39, 0.29) is 30.0 Å². The SMILES string of the molecule is CCOCOc1cc(O)c2c(c1Cl)CC/C=C/CC/C=C/C[C@@H](C)OC2=O. The zero-order chi connectivity index (χ0) is 19.6. The van der Waals surface area contributed by atoms with Gasteiger partial charge in [-0.2, -0.15) is 0 Å². The molecule has 27 heavy (non-hydrogen) atoms. The lowest BCUT2D eigenvalue weighted by molar-refractivity contribution is 0.0223. The summed E-state index contributed by atoms with van der Waals surface area (Å²) in [6, 6.07) is 1.34. The van der Waals surface area contributed by atoms with Gasteiger partial charge in [-0.3, -0.25) is 0 Å². The Hall–Kier alpha value is -1.98. The third kappa shape index (κ3) is 6.29. The average molecular weight is 395 g/mol. The Balaban J connectivity index is 2.37. The fourth-order valence-electron chi connectivity index (χ4n) is 2.78. The highest BCUT2D eigenvalue weighted by Gasteiger charge is 2.25. The Morgan fingerprint density at radius 2 is 1.93 bits per heavy atom. The molecule has 0 saturated carbocycles. The van der Waals surface area contributed by atoms with E-state index in [1.165, 1.54) is 6.07 Å². The third-order valence-electron chi connectivity index (χ3n) is 4.18. The van der Waals surface area contributed by atoms with E-state index in [2.05, 4.69) is 18.2 Å². The number of fused-ring (bicyclic) bond motifs is 1. The summed E-state index contributed by atoms with van der Waals surface area (Å²) in [4.78, 5) is 12.7. The molecule has 1 heterocycles. The van der Waals surface area contributed by atoms with E-state index in [0.717, 1.165) is 12.8 Å². The van der Waals surface area contributed by atoms with E-state index >= 15 is 0 Å². The number of allylic oxidation sites excluding steroid dienone is 3. The minimum atomic E-state index is -0.581. The Labute approximate surface area is 165 Å². The number of esters is 1. The van der Waals surface area contributed by atoms with Gasteiger partial charge in [-0.05, 0) is 45.1 Å². The summed E-state index contributed by atoms with van der Waals surface area (Å²) in [5.41, 5.74) is 0.627. The maximum absolute atomic E-state index is 12.7. The lowest BCUT2D eigenvalue weighted by atomic mass is 10.0. The van der Waals surface area contributed by atoms with E-state index in [4.69, 9.17) is 25.8 Å². The van der Waals surface area contributed by atoms with Crippen LogP contribution in [-0.2, 0) is 15.9 Å². The normalized spacial score (nSPS) is 20.9. The fourth-order valence-corrected chi connectivity index (χ4v) is 3.08. The first-order valence-electron chi connectivity index (χ1n) is 9.30. The number of cyclic esters (lactones) is 1. The minimum Gasteiger partial charge on any atom is -0.507 e. The van der Waals surface area contributed by atoms with Crippen LogP contribution in [0.1, 0.15) is 55.5 Å². The van der Waals surface area contributed by atoms with Crippen molar-refractivity contribution < 1.29 is 24.1 Å². The number of hydrogen-bond acceptors (Lipinski definition) is 5. The summed E-state index contributed by atoms with van der Waals surface area (Å²) in [6.07, 6.45) is 11.7. The van der Waals surface area contributed by atoms with Crippen molar-refractivity contribution in [1.29, 1.82) is 0 Å². The van der Waals surface area contributed by atoms with Crippen LogP contribution >= 0.6 is 11.6 Å². The lowest BCUT2D eigenvalue weighted by Crippen LogP contribution is -2.17. The Morgan fingerprint density at radius 3 is 2.67 bits per heavy atom. The van der Waals surface area contributed by atoms with Crippen molar-refractivity contribution in [3.63, 3.8) is 0 Å². The fraction of sp³-hybridized carbons (Fsp3) is 0.476. The highest BCUT2D eigenvalue weighted by Crippen LogP contribution is 2.38. The second kappa shape index (κ2) is 11.0. The van der Waals surface area contributed by atoms with Crippen LogP contribution in [0.5, 0.6) is 11.5 Å². The number of rotatable bonds is 4. The first-order chi connectivity index (χ1) is 13.0. The zero-order valence-electron chi connectivity index (χ0n) is 15.9. The van der Waals surface area contributed by atoms with Crippen molar-refractivity contribution in [3.8, 4) is 11.5 Å². The van der Waals surface area contributed by atoms with Crippen LogP contribution in [0.4, 0.5) is 0 Å². The number of carbonyl (C=O) groups is 1. The quantitative estimate of drug-likeness (QED) is 0.329. The number of halogens is 1. The molecule has 0 radical (unpaired) electrons. The summed E-state index contributed by atoms with van der Waals surface area (Å²) in [5, 5.41) is 10.8. The minimum absolute atomic E-state index is 0.0160. The maximum Gasteiger partial charge on any atom is 0.342 e. The Morgan fingerprint density at radius 1 is 1.22 bits per heavy atom.